The molecule has 150 valence electrons. The highest BCUT2D eigenvalue weighted by Gasteiger charge is 2.21. The first-order valence-electron chi connectivity index (χ1n) is 9.47. The Kier molecular flexibility index (Phi) is 5.71. The quantitative estimate of drug-likeness (QED) is 0.602. The minimum absolute atomic E-state index is 0.0172. The van der Waals surface area contributed by atoms with Crippen molar-refractivity contribution in [3.8, 4) is 22.9 Å². The molecule has 0 aliphatic carbocycles. The maximum Gasteiger partial charge on any atom is 0.233 e. The van der Waals surface area contributed by atoms with Gasteiger partial charge in [0, 0.05) is 12.1 Å². The number of carbonyl (C=O) groups is 1. The summed E-state index contributed by atoms with van der Waals surface area (Å²) < 4.78 is 12.9. The number of hydrogen-bond acceptors (Lipinski definition) is 6. The largest absolute Gasteiger partial charge is 0.454 e. The lowest BCUT2D eigenvalue weighted by Crippen LogP contribution is -2.30. The van der Waals surface area contributed by atoms with Gasteiger partial charge in [-0.1, -0.05) is 48.2 Å². The summed E-state index contributed by atoms with van der Waals surface area (Å²) in [5.41, 5.74) is 2.01. The highest BCUT2D eigenvalue weighted by Crippen LogP contribution is 2.34. The van der Waals surface area contributed by atoms with Gasteiger partial charge in [0.2, 0.25) is 12.7 Å². The van der Waals surface area contributed by atoms with Crippen LogP contribution >= 0.6 is 11.8 Å². The first kappa shape index (κ1) is 19.3. The number of nitrogens with zero attached hydrogens (tertiary/aromatic N) is 3. The van der Waals surface area contributed by atoms with E-state index in [9.17, 15) is 4.79 Å². The number of hydrogen-bond donors (Lipinski definition) is 1. The highest BCUT2D eigenvalue weighted by atomic mass is 32.2. The van der Waals surface area contributed by atoms with Gasteiger partial charge in [-0.15, -0.1) is 10.2 Å². The molecule has 2 heterocycles. The minimum Gasteiger partial charge on any atom is -0.454 e. The van der Waals surface area contributed by atoms with E-state index in [1.807, 2.05) is 66.9 Å². The summed E-state index contributed by atoms with van der Waals surface area (Å²) in [5.74, 6) is 2.23. The van der Waals surface area contributed by atoms with E-state index >= 15 is 0 Å². The lowest BCUT2D eigenvalue weighted by molar-refractivity contribution is -0.120. The van der Waals surface area contributed by atoms with Crippen LogP contribution < -0.4 is 14.8 Å². The summed E-state index contributed by atoms with van der Waals surface area (Å²) in [6, 6.07) is 15.8. The molecule has 0 unspecified atom stereocenters. The van der Waals surface area contributed by atoms with E-state index in [2.05, 4.69) is 15.5 Å². The molecule has 0 saturated heterocycles. The molecule has 0 bridgehead atoms. The van der Waals surface area contributed by atoms with Crippen molar-refractivity contribution in [3.05, 3.63) is 54.1 Å². The van der Waals surface area contributed by atoms with Crippen LogP contribution in [-0.2, 0) is 11.3 Å². The summed E-state index contributed by atoms with van der Waals surface area (Å²) in [4.78, 5) is 12.2. The van der Waals surface area contributed by atoms with Gasteiger partial charge in [-0.05, 0) is 31.5 Å². The van der Waals surface area contributed by atoms with Gasteiger partial charge in [0.15, 0.2) is 22.5 Å². The van der Waals surface area contributed by atoms with Crippen molar-refractivity contribution in [1.82, 2.24) is 20.1 Å². The summed E-state index contributed by atoms with van der Waals surface area (Å²) >= 11 is 1.40. The third-order valence-electron chi connectivity index (χ3n) is 4.53. The number of carbonyl (C=O) groups excluding carboxylic acids is 1. The van der Waals surface area contributed by atoms with Gasteiger partial charge < -0.3 is 14.8 Å². The number of fused-ring (bicyclic) bond motifs is 1. The maximum absolute atomic E-state index is 12.2. The van der Waals surface area contributed by atoms with Gasteiger partial charge in [0.25, 0.3) is 0 Å². The van der Waals surface area contributed by atoms with Crippen molar-refractivity contribution in [2.75, 3.05) is 13.3 Å². The van der Waals surface area contributed by atoms with Gasteiger partial charge in [-0.2, -0.15) is 0 Å². The number of nitrogens with one attached hydrogen (secondary N) is 1. The van der Waals surface area contributed by atoms with Gasteiger partial charge in [0.1, 0.15) is 0 Å². The Labute approximate surface area is 173 Å². The molecule has 0 saturated carbocycles. The van der Waals surface area contributed by atoms with E-state index in [-0.39, 0.29) is 18.0 Å². The predicted molar refractivity (Wildman–Crippen MR) is 111 cm³/mol. The smallest absolute Gasteiger partial charge is 0.233 e. The van der Waals surface area contributed by atoms with Crippen LogP contribution in [0.5, 0.6) is 11.5 Å². The Balaban J connectivity index is 1.67. The molecule has 1 aromatic heterocycles. The first-order chi connectivity index (χ1) is 14.2. The fraction of sp³-hybridized carbons (Fsp3) is 0.286. The van der Waals surface area contributed by atoms with Crippen molar-refractivity contribution in [2.24, 2.45) is 0 Å². The second-order valence-electron chi connectivity index (χ2n) is 6.60. The van der Waals surface area contributed by atoms with Crippen LogP contribution in [-0.4, -0.2) is 39.3 Å². The molecular formula is C21H22N4O3S. The zero-order valence-corrected chi connectivity index (χ0v) is 17.1. The molecule has 2 aromatic carbocycles. The van der Waals surface area contributed by atoms with Gasteiger partial charge in [-0.3, -0.25) is 9.36 Å². The van der Waals surface area contributed by atoms with Crippen LogP contribution in [0.1, 0.15) is 19.4 Å². The summed E-state index contributed by atoms with van der Waals surface area (Å²) in [6.45, 7) is 5.18. The Bertz CT molecular complexity index is 1010. The summed E-state index contributed by atoms with van der Waals surface area (Å²) in [7, 11) is 0. The average molecular weight is 410 g/mol. The van der Waals surface area contributed by atoms with Crippen LogP contribution in [0, 0.1) is 0 Å². The van der Waals surface area contributed by atoms with E-state index < -0.39 is 0 Å². The lowest BCUT2D eigenvalue weighted by atomic mass is 10.2. The molecule has 3 aromatic rings. The van der Waals surface area contributed by atoms with Crippen molar-refractivity contribution < 1.29 is 14.3 Å². The van der Waals surface area contributed by atoms with E-state index in [1.165, 1.54) is 11.8 Å². The SMILES string of the molecule is CCNC(=O)[C@H](C)Sc1nnc(-c2ccccc2)n1Cc1ccc2c(c1)OCO2. The number of amides is 1. The molecule has 4 rings (SSSR count). The Morgan fingerprint density at radius 1 is 1.17 bits per heavy atom. The van der Waals surface area contributed by atoms with E-state index in [1.54, 1.807) is 0 Å². The molecule has 0 fully saturated rings. The van der Waals surface area contributed by atoms with Crippen LogP contribution in [0.3, 0.4) is 0 Å². The second kappa shape index (κ2) is 8.57. The van der Waals surface area contributed by atoms with Crippen LogP contribution in [0.25, 0.3) is 11.4 Å². The molecule has 8 heteroatoms. The minimum atomic E-state index is -0.279. The molecule has 7 nitrogen and oxygen atoms in total. The van der Waals surface area contributed by atoms with Crippen LogP contribution in [0.2, 0.25) is 0 Å². The fourth-order valence-electron chi connectivity index (χ4n) is 3.07. The fourth-order valence-corrected chi connectivity index (χ4v) is 3.94. The highest BCUT2D eigenvalue weighted by molar-refractivity contribution is 8.00. The molecule has 0 spiro atoms. The van der Waals surface area contributed by atoms with Crippen molar-refractivity contribution in [2.45, 2.75) is 30.8 Å². The number of ether oxygens (including phenoxy) is 2. The van der Waals surface area contributed by atoms with Crippen molar-refractivity contribution >= 4 is 17.7 Å². The third-order valence-corrected chi connectivity index (χ3v) is 5.61. The number of benzene rings is 2. The normalized spacial score (nSPS) is 13.3. The maximum atomic E-state index is 12.2. The standard InChI is InChI=1S/C21H22N4O3S/c1-3-22-20(26)14(2)29-21-24-23-19(16-7-5-4-6-8-16)25(21)12-15-9-10-17-18(11-15)28-13-27-17/h4-11,14H,3,12-13H2,1-2H3,(H,22,26)/t14-/m0/s1. The second-order valence-corrected chi connectivity index (χ2v) is 7.91. The lowest BCUT2D eigenvalue weighted by Gasteiger charge is -2.14. The van der Waals surface area contributed by atoms with Gasteiger partial charge in [0.05, 0.1) is 11.8 Å². The molecule has 1 aliphatic heterocycles. The van der Waals surface area contributed by atoms with E-state index in [0.29, 0.717) is 18.2 Å². The van der Waals surface area contributed by atoms with E-state index in [0.717, 1.165) is 28.5 Å². The third kappa shape index (κ3) is 4.22. The van der Waals surface area contributed by atoms with Gasteiger partial charge in [-0.25, -0.2) is 0 Å². The average Bonchev–Trinajstić information content (AvgIpc) is 3.36. The molecule has 1 aliphatic rings. The Morgan fingerprint density at radius 3 is 2.76 bits per heavy atom. The molecule has 1 atom stereocenters. The predicted octanol–water partition coefficient (Wildman–Crippen LogP) is 3.34. The molecule has 0 radical (unpaired) electrons. The molecule has 1 N–H and O–H groups in total. The summed E-state index contributed by atoms with van der Waals surface area (Å²) in [6.07, 6.45) is 0. The Hall–Kier alpha value is -3.00. The first-order valence-corrected chi connectivity index (χ1v) is 10.3. The molecule has 1 amide bonds. The number of aromatic nitrogens is 3. The zero-order valence-electron chi connectivity index (χ0n) is 16.3. The molecule has 29 heavy (non-hydrogen) atoms. The Morgan fingerprint density at radius 2 is 1.97 bits per heavy atom. The van der Waals surface area contributed by atoms with Crippen molar-refractivity contribution in [3.63, 3.8) is 0 Å². The van der Waals surface area contributed by atoms with Crippen LogP contribution in [0.15, 0.2) is 53.7 Å². The van der Waals surface area contributed by atoms with Crippen LogP contribution in [0.4, 0.5) is 0 Å². The van der Waals surface area contributed by atoms with E-state index in [4.69, 9.17) is 9.47 Å². The summed E-state index contributed by atoms with van der Waals surface area (Å²) in [5, 5.41) is 12.1. The molecular weight excluding hydrogens is 388 g/mol. The van der Waals surface area contributed by atoms with Crippen molar-refractivity contribution in [1.29, 1.82) is 0 Å². The van der Waals surface area contributed by atoms with Gasteiger partial charge >= 0.3 is 0 Å². The monoisotopic (exact) mass is 410 g/mol. The zero-order chi connectivity index (χ0) is 20.2. The topological polar surface area (TPSA) is 78.3 Å². The number of thioether (sulfide) groups is 1. The number of rotatable bonds is 7.